The molecule has 3 nitrogen and oxygen atoms in total. The predicted molar refractivity (Wildman–Crippen MR) is 65.5 cm³/mol. The molecule has 16 heavy (non-hydrogen) atoms. The Bertz CT molecular complexity index is 401. The molecule has 0 aliphatic carbocycles. The van der Waals surface area contributed by atoms with Gasteiger partial charge in [0.05, 0.1) is 0 Å². The average Bonchev–Trinajstić information content (AvgIpc) is 2.62. The van der Waals surface area contributed by atoms with Gasteiger partial charge in [-0.3, -0.25) is 4.79 Å². The van der Waals surface area contributed by atoms with Crippen LogP contribution >= 0.6 is 0 Å². The fourth-order valence-corrected chi connectivity index (χ4v) is 2.14. The molecule has 86 valence electrons. The topological polar surface area (TPSA) is 41.1 Å². The molecule has 1 heterocycles. The van der Waals surface area contributed by atoms with Gasteiger partial charge in [0, 0.05) is 11.3 Å². The van der Waals surface area contributed by atoms with Gasteiger partial charge in [-0.25, -0.2) is 0 Å². The summed E-state index contributed by atoms with van der Waals surface area (Å²) in [6.45, 7) is 5.08. The van der Waals surface area contributed by atoms with Crippen LogP contribution in [0.4, 0.5) is 5.69 Å². The Morgan fingerprint density at radius 1 is 1.38 bits per heavy atom. The highest BCUT2D eigenvalue weighted by Gasteiger charge is 2.30. The van der Waals surface area contributed by atoms with Crippen molar-refractivity contribution in [3.63, 3.8) is 0 Å². The molecule has 1 atom stereocenters. The van der Waals surface area contributed by atoms with Crippen molar-refractivity contribution >= 4 is 11.6 Å². The smallest absolute Gasteiger partial charge is 0.246 e. The van der Waals surface area contributed by atoms with E-state index in [1.807, 2.05) is 12.1 Å². The molecule has 0 spiro atoms. The Labute approximate surface area is 96.2 Å². The summed E-state index contributed by atoms with van der Waals surface area (Å²) < 4.78 is 0. The summed E-state index contributed by atoms with van der Waals surface area (Å²) in [7, 11) is 0. The highest BCUT2D eigenvalue weighted by molar-refractivity contribution is 6.03. The predicted octanol–water partition coefficient (Wildman–Crippen LogP) is 2.24. The minimum atomic E-state index is -0.165. The second-order valence-corrected chi connectivity index (χ2v) is 4.11. The molecule has 0 radical (unpaired) electrons. The number of amides is 1. The van der Waals surface area contributed by atoms with Crippen molar-refractivity contribution in [1.29, 1.82) is 0 Å². The molecule has 1 aromatic rings. The molecular formula is C13H18N2O. The molecule has 1 aliphatic rings. The monoisotopic (exact) mass is 218 g/mol. The lowest BCUT2D eigenvalue weighted by Gasteiger charge is -2.10. The maximum Gasteiger partial charge on any atom is 0.246 e. The lowest BCUT2D eigenvalue weighted by atomic mass is 10.0. The van der Waals surface area contributed by atoms with Crippen molar-refractivity contribution in [2.24, 2.45) is 0 Å². The van der Waals surface area contributed by atoms with Crippen molar-refractivity contribution in [2.45, 2.75) is 32.7 Å². The third-order valence-electron chi connectivity index (χ3n) is 2.98. The second-order valence-electron chi connectivity index (χ2n) is 4.11. The first-order valence-corrected chi connectivity index (χ1v) is 5.94. The molecule has 3 heteroatoms. The van der Waals surface area contributed by atoms with Gasteiger partial charge >= 0.3 is 0 Å². The number of anilines is 1. The Morgan fingerprint density at radius 2 is 2.19 bits per heavy atom. The van der Waals surface area contributed by atoms with Crippen LogP contribution in [0, 0.1) is 0 Å². The fraction of sp³-hybridized carbons (Fsp3) is 0.462. The van der Waals surface area contributed by atoms with E-state index in [9.17, 15) is 4.79 Å². The number of carbonyl (C=O) groups is 1. The van der Waals surface area contributed by atoms with Crippen molar-refractivity contribution in [1.82, 2.24) is 5.32 Å². The molecule has 1 amide bonds. The molecular weight excluding hydrogens is 200 g/mol. The Balaban J connectivity index is 2.30. The molecule has 0 bridgehead atoms. The summed E-state index contributed by atoms with van der Waals surface area (Å²) in [6.07, 6.45) is 1.98. The van der Waals surface area contributed by atoms with Gasteiger partial charge in [-0.15, -0.1) is 0 Å². The van der Waals surface area contributed by atoms with Crippen molar-refractivity contribution in [3.05, 3.63) is 29.3 Å². The van der Waals surface area contributed by atoms with Gasteiger partial charge < -0.3 is 10.6 Å². The zero-order chi connectivity index (χ0) is 11.5. The maximum atomic E-state index is 11.8. The number of aryl methyl sites for hydroxylation is 1. The largest absolute Gasteiger partial charge is 0.324 e. The van der Waals surface area contributed by atoms with E-state index in [-0.39, 0.29) is 11.9 Å². The van der Waals surface area contributed by atoms with Gasteiger partial charge in [0.2, 0.25) is 5.91 Å². The van der Waals surface area contributed by atoms with E-state index >= 15 is 0 Å². The number of rotatable bonds is 4. The number of para-hydroxylation sites is 1. The summed E-state index contributed by atoms with van der Waals surface area (Å²) in [5, 5.41) is 6.25. The lowest BCUT2D eigenvalue weighted by molar-refractivity contribution is -0.117. The summed E-state index contributed by atoms with van der Waals surface area (Å²) in [5.41, 5.74) is 3.33. The second kappa shape index (κ2) is 4.66. The first-order chi connectivity index (χ1) is 7.77. The van der Waals surface area contributed by atoms with Crippen molar-refractivity contribution < 1.29 is 4.79 Å². The molecule has 0 saturated carbocycles. The van der Waals surface area contributed by atoms with Crippen LogP contribution in [0.3, 0.4) is 0 Å². The molecule has 2 N–H and O–H groups in total. The van der Waals surface area contributed by atoms with Gasteiger partial charge in [-0.05, 0) is 24.9 Å². The third-order valence-corrected chi connectivity index (χ3v) is 2.98. The minimum absolute atomic E-state index is 0.0735. The highest BCUT2D eigenvalue weighted by atomic mass is 16.2. The molecule has 1 aromatic carbocycles. The zero-order valence-electron chi connectivity index (χ0n) is 9.84. The molecule has 0 fully saturated rings. The van der Waals surface area contributed by atoms with E-state index < -0.39 is 0 Å². The Kier molecular flexibility index (Phi) is 3.25. The summed E-state index contributed by atoms with van der Waals surface area (Å²) in [4.78, 5) is 11.8. The summed E-state index contributed by atoms with van der Waals surface area (Å²) >= 11 is 0. The van der Waals surface area contributed by atoms with Crippen LogP contribution in [0.5, 0.6) is 0 Å². The van der Waals surface area contributed by atoms with Gasteiger partial charge in [-0.1, -0.05) is 32.0 Å². The van der Waals surface area contributed by atoms with Gasteiger partial charge in [0.1, 0.15) is 6.04 Å². The van der Waals surface area contributed by atoms with Crippen molar-refractivity contribution in [3.8, 4) is 0 Å². The molecule has 0 saturated heterocycles. The van der Waals surface area contributed by atoms with E-state index in [2.05, 4.69) is 30.5 Å². The molecule has 0 aromatic heterocycles. The van der Waals surface area contributed by atoms with Crippen molar-refractivity contribution in [2.75, 3.05) is 11.9 Å². The normalized spacial score (nSPS) is 18.4. The lowest BCUT2D eigenvalue weighted by Crippen LogP contribution is -2.27. The quantitative estimate of drug-likeness (QED) is 0.813. The third kappa shape index (κ3) is 1.83. The van der Waals surface area contributed by atoms with E-state index in [0.29, 0.717) is 0 Å². The first-order valence-electron chi connectivity index (χ1n) is 5.94. The van der Waals surface area contributed by atoms with Crippen LogP contribution < -0.4 is 10.6 Å². The van der Waals surface area contributed by atoms with E-state index in [4.69, 9.17) is 0 Å². The number of fused-ring (bicyclic) bond motifs is 1. The number of nitrogens with one attached hydrogen (secondary N) is 2. The van der Waals surface area contributed by atoms with Crippen LogP contribution in [0.2, 0.25) is 0 Å². The van der Waals surface area contributed by atoms with Crippen LogP contribution in [-0.2, 0) is 11.2 Å². The molecule has 1 aliphatic heterocycles. The van der Waals surface area contributed by atoms with E-state index in [1.54, 1.807) is 0 Å². The zero-order valence-corrected chi connectivity index (χ0v) is 9.84. The number of hydrogen-bond donors (Lipinski definition) is 2. The summed E-state index contributed by atoms with van der Waals surface area (Å²) in [6, 6.07) is 5.96. The number of carbonyl (C=O) groups excluding carboxylic acids is 1. The van der Waals surface area contributed by atoms with Crippen LogP contribution in [0.25, 0.3) is 0 Å². The average molecular weight is 218 g/mol. The molecule has 1 unspecified atom stereocenters. The number of benzene rings is 1. The van der Waals surface area contributed by atoms with E-state index in [0.717, 1.165) is 30.6 Å². The van der Waals surface area contributed by atoms with Crippen LogP contribution in [0.15, 0.2) is 18.2 Å². The van der Waals surface area contributed by atoms with E-state index in [1.165, 1.54) is 5.56 Å². The SMILES string of the molecule is CCCNC1C(=O)Nc2c(CC)cccc21. The maximum absolute atomic E-state index is 11.8. The van der Waals surface area contributed by atoms with Gasteiger partial charge in [0.15, 0.2) is 0 Å². The standard InChI is InChI=1S/C13H18N2O/c1-3-8-14-12-10-7-5-6-9(4-2)11(10)15-13(12)16/h5-7,12,14H,3-4,8H2,1-2H3,(H,15,16). The van der Waals surface area contributed by atoms with Crippen LogP contribution in [0.1, 0.15) is 37.4 Å². The molecule has 2 rings (SSSR count). The van der Waals surface area contributed by atoms with Crippen LogP contribution in [-0.4, -0.2) is 12.5 Å². The Morgan fingerprint density at radius 3 is 2.88 bits per heavy atom. The minimum Gasteiger partial charge on any atom is -0.324 e. The first kappa shape index (κ1) is 11.1. The summed E-state index contributed by atoms with van der Waals surface area (Å²) in [5.74, 6) is 0.0735. The Hall–Kier alpha value is -1.35. The highest BCUT2D eigenvalue weighted by Crippen LogP contribution is 2.33. The number of hydrogen-bond acceptors (Lipinski definition) is 2. The fourth-order valence-electron chi connectivity index (χ4n) is 2.14. The van der Waals surface area contributed by atoms with Gasteiger partial charge in [0.25, 0.3) is 0 Å². The van der Waals surface area contributed by atoms with Gasteiger partial charge in [-0.2, -0.15) is 0 Å².